The zero-order valence-corrected chi connectivity index (χ0v) is 13.2. The molecule has 4 fully saturated rings. The van der Waals surface area contributed by atoms with E-state index in [-0.39, 0.29) is 0 Å². The van der Waals surface area contributed by atoms with Crippen molar-refractivity contribution in [3.63, 3.8) is 0 Å². The van der Waals surface area contributed by atoms with Crippen molar-refractivity contribution in [1.29, 1.82) is 0 Å². The van der Waals surface area contributed by atoms with Gasteiger partial charge in [0.1, 0.15) is 0 Å². The number of nitrogens with two attached hydrogens (primary N) is 1. The number of benzene rings is 1. The van der Waals surface area contributed by atoms with Crippen molar-refractivity contribution >= 4 is 23.2 Å². The summed E-state index contributed by atoms with van der Waals surface area (Å²) in [4.78, 5) is 0. The first-order chi connectivity index (χ1) is 9.54. The van der Waals surface area contributed by atoms with E-state index in [1.54, 1.807) is 0 Å². The molecule has 3 heteroatoms. The van der Waals surface area contributed by atoms with E-state index in [9.17, 15) is 0 Å². The van der Waals surface area contributed by atoms with Gasteiger partial charge in [0.25, 0.3) is 0 Å². The molecule has 2 atom stereocenters. The van der Waals surface area contributed by atoms with Crippen LogP contribution in [0.3, 0.4) is 0 Å². The van der Waals surface area contributed by atoms with Gasteiger partial charge in [-0.2, -0.15) is 0 Å². The van der Waals surface area contributed by atoms with Crippen LogP contribution in [0.4, 0.5) is 0 Å². The van der Waals surface area contributed by atoms with Gasteiger partial charge in [0.15, 0.2) is 0 Å². The largest absolute Gasteiger partial charge is 0.330 e. The Kier molecular flexibility index (Phi) is 2.94. The van der Waals surface area contributed by atoms with Crippen LogP contribution in [0.15, 0.2) is 18.2 Å². The first-order valence-electron chi connectivity index (χ1n) is 7.70. The van der Waals surface area contributed by atoms with Crippen LogP contribution in [0.5, 0.6) is 0 Å². The molecule has 20 heavy (non-hydrogen) atoms. The van der Waals surface area contributed by atoms with Crippen molar-refractivity contribution in [3.8, 4) is 0 Å². The number of hydrogen-bond donors (Lipinski definition) is 1. The highest BCUT2D eigenvalue weighted by Crippen LogP contribution is 2.65. The third-order valence-electron chi connectivity index (χ3n) is 6.15. The lowest BCUT2D eigenvalue weighted by atomic mass is 9.43. The molecule has 0 saturated heterocycles. The van der Waals surface area contributed by atoms with Crippen LogP contribution in [0, 0.1) is 17.3 Å². The van der Waals surface area contributed by atoms with Crippen LogP contribution >= 0.6 is 23.2 Å². The second-order valence-electron chi connectivity index (χ2n) is 7.57. The minimum absolute atomic E-state index is 0.317. The van der Waals surface area contributed by atoms with Crippen molar-refractivity contribution in [3.05, 3.63) is 33.8 Å². The fraction of sp³-hybridized carbons (Fsp3) is 0.647. The minimum Gasteiger partial charge on any atom is -0.330 e. The minimum atomic E-state index is 0.317. The Morgan fingerprint density at radius 3 is 2.35 bits per heavy atom. The quantitative estimate of drug-likeness (QED) is 0.835. The third-order valence-corrected chi connectivity index (χ3v) is 6.89. The lowest BCUT2D eigenvalue weighted by Crippen LogP contribution is -2.56. The van der Waals surface area contributed by atoms with Gasteiger partial charge in [-0.1, -0.05) is 29.3 Å². The average Bonchev–Trinajstić information content (AvgIpc) is 2.40. The van der Waals surface area contributed by atoms with E-state index in [4.69, 9.17) is 28.9 Å². The summed E-state index contributed by atoms with van der Waals surface area (Å²) in [6.07, 6.45) is 8.02. The lowest BCUT2D eigenvalue weighted by molar-refractivity contribution is -0.0666. The van der Waals surface area contributed by atoms with Crippen molar-refractivity contribution < 1.29 is 0 Å². The summed E-state index contributed by atoms with van der Waals surface area (Å²) in [7, 11) is 0. The number of hydrogen-bond acceptors (Lipinski definition) is 1. The molecule has 0 aromatic heterocycles. The molecular weight excluding hydrogens is 289 g/mol. The Balaban J connectivity index is 1.78. The Bertz CT molecular complexity index is 540. The van der Waals surface area contributed by atoms with Gasteiger partial charge in [0.05, 0.1) is 10.0 Å². The predicted octanol–water partition coefficient (Wildman–Crippen LogP) is 4.79. The summed E-state index contributed by atoms with van der Waals surface area (Å²) in [5.74, 6) is 1.74. The van der Waals surface area contributed by atoms with Gasteiger partial charge in [-0.15, -0.1) is 0 Å². The maximum absolute atomic E-state index is 6.27. The maximum Gasteiger partial charge on any atom is 0.0595 e. The van der Waals surface area contributed by atoms with Gasteiger partial charge in [-0.25, -0.2) is 0 Å². The van der Waals surface area contributed by atoms with Crippen molar-refractivity contribution in [2.75, 3.05) is 6.54 Å². The van der Waals surface area contributed by atoms with Gasteiger partial charge in [0, 0.05) is 0 Å². The normalized spacial score (nSPS) is 42.1. The molecule has 1 nitrogen and oxygen atoms in total. The summed E-state index contributed by atoms with van der Waals surface area (Å²) >= 11 is 12.4. The molecule has 0 aliphatic heterocycles. The Hall–Kier alpha value is -0.240. The molecule has 4 aliphatic rings. The molecule has 0 radical (unpaired) electrons. The molecule has 108 valence electrons. The molecule has 0 heterocycles. The standard InChI is InChI=1S/C17H21Cl2N/c18-14-2-1-13(4-15(14)19)17-7-11-3-12(8-17)6-16(5-11,9-17)10-20/h1-2,4,11-12H,3,5-10,20H2/t11-,12-,16?,17?/m0/s1. The zero-order valence-electron chi connectivity index (χ0n) is 11.7. The second-order valence-corrected chi connectivity index (χ2v) is 8.39. The summed E-state index contributed by atoms with van der Waals surface area (Å²) in [5.41, 5.74) is 8.29. The average molecular weight is 310 g/mol. The highest BCUT2D eigenvalue weighted by atomic mass is 35.5. The van der Waals surface area contributed by atoms with Crippen molar-refractivity contribution in [2.45, 2.75) is 43.9 Å². The van der Waals surface area contributed by atoms with Crippen LogP contribution in [0.25, 0.3) is 0 Å². The van der Waals surface area contributed by atoms with Crippen LogP contribution in [0.1, 0.15) is 44.1 Å². The van der Waals surface area contributed by atoms with Crippen LogP contribution in [-0.2, 0) is 5.41 Å². The molecule has 1 aromatic rings. The molecular formula is C17H21Cl2N. The molecule has 0 spiro atoms. The first kappa shape index (κ1) is 13.4. The van der Waals surface area contributed by atoms with Crippen LogP contribution < -0.4 is 5.73 Å². The zero-order chi connectivity index (χ0) is 14.0. The Morgan fingerprint density at radius 1 is 1.05 bits per heavy atom. The van der Waals surface area contributed by atoms with E-state index in [1.165, 1.54) is 44.1 Å². The molecule has 4 aliphatic carbocycles. The highest BCUT2D eigenvalue weighted by molar-refractivity contribution is 6.42. The number of halogens is 2. The second kappa shape index (κ2) is 4.38. The van der Waals surface area contributed by atoms with E-state index >= 15 is 0 Å². The number of rotatable bonds is 2. The molecule has 5 rings (SSSR count). The van der Waals surface area contributed by atoms with E-state index in [0.29, 0.717) is 20.9 Å². The van der Waals surface area contributed by atoms with Crippen LogP contribution in [-0.4, -0.2) is 6.54 Å². The van der Waals surface area contributed by atoms with E-state index < -0.39 is 0 Å². The summed E-state index contributed by atoms with van der Waals surface area (Å²) in [6, 6.07) is 6.28. The molecule has 0 unspecified atom stereocenters. The van der Waals surface area contributed by atoms with E-state index in [0.717, 1.165) is 18.4 Å². The first-order valence-corrected chi connectivity index (χ1v) is 8.45. The van der Waals surface area contributed by atoms with Gasteiger partial charge in [-0.3, -0.25) is 0 Å². The molecule has 4 saturated carbocycles. The van der Waals surface area contributed by atoms with Crippen molar-refractivity contribution in [2.24, 2.45) is 23.0 Å². The summed E-state index contributed by atoms with van der Waals surface area (Å²) < 4.78 is 0. The fourth-order valence-electron chi connectivity index (χ4n) is 5.85. The monoisotopic (exact) mass is 309 g/mol. The highest BCUT2D eigenvalue weighted by Gasteiger charge is 2.57. The lowest BCUT2D eigenvalue weighted by Gasteiger charge is -2.62. The smallest absolute Gasteiger partial charge is 0.0595 e. The Morgan fingerprint density at radius 2 is 1.75 bits per heavy atom. The van der Waals surface area contributed by atoms with Crippen LogP contribution in [0.2, 0.25) is 10.0 Å². The molecule has 1 aromatic carbocycles. The molecule has 0 amide bonds. The van der Waals surface area contributed by atoms with E-state index in [2.05, 4.69) is 12.1 Å². The van der Waals surface area contributed by atoms with Gasteiger partial charge >= 0.3 is 0 Å². The topological polar surface area (TPSA) is 26.0 Å². The fourth-order valence-corrected chi connectivity index (χ4v) is 6.15. The van der Waals surface area contributed by atoms with Crippen molar-refractivity contribution in [1.82, 2.24) is 0 Å². The third kappa shape index (κ3) is 1.86. The van der Waals surface area contributed by atoms with Gasteiger partial charge < -0.3 is 5.73 Å². The Labute approximate surface area is 130 Å². The van der Waals surface area contributed by atoms with Gasteiger partial charge in [-0.05, 0) is 85.4 Å². The maximum atomic E-state index is 6.27. The van der Waals surface area contributed by atoms with E-state index in [1.807, 2.05) is 6.07 Å². The molecule has 2 N–H and O–H groups in total. The summed E-state index contributed by atoms with van der Waals surface area (Å²) in [5, 5.41) is 1.36. The van der Waals surface area contributed by atoms with Gasteiger partial charge in [0.2, 0.25) is 0 Å². The summed E-state index contributed by atoms with van der Waals surface area (Å²) in [6.45, 7) is 0.850. The SMILES string of the molecule is NCC12C[C@@H]3C[C@@H](C1)CC(c1ccc(Cl)c(Cl)c1)(C3)C2. The predicted molar refractivity (Wildman–Crippen MR) is 84.3 cm³/mol. The molecule has 4 bridgehead atoms.